The molecule has 0 saturated heterocycles. The Bertz CT molecular complexity index is 605. The number of hydrogen-bond donors (Lipinski definition) is 0. The van der Waals surface area contributed by atoms with Crippen LogP contribution in [0.5, 0.6) is 0 Å². The van der Waals surface area contributed by atoms with Crippen molar-refractivity contribution in [1.29, 1.82) is 0 Å². The molecule has 3 rings (SSSR count). The SMILES string of the molecule is C1=CC(c2ccccc2)[SH+]c2ccccc21.[O-][Cl+3]([O-])([O-])[O-]. The molecule has 0 radical (unpaired) electrons. The molecule has 21 heavy (non-hydrogen) atoms. The Labute approximate surface area is 129 Å². The number of halogens is 1. The van der Waals surface area contributed by atoms with Crippen LogP contribution in [0.2, 0.25) is 0 Å². The van der Waals surface area contributed by atoms with Crippen molar-refractivity contribution in [3.05, 3.63) is 71.8 Å². The minimum Gasteiger partial charge on any atom is -0.222 e. The van der Waals surface area contributed by atoms with Gasteiger partial charge in [0.2, 0.25) is 0 Å². The summed E-state index contributed by atoms with van der Waals surface area (Å²) in [6.07, 6.45) is 4.54. The van der Waals surface area contributed by atoms with E-state index in [4.69, 9.17) is 18.6 Å². The molecule has 0 aliphatic carbocycles. The summed E-state index contributed by atoms with van der Waals surface area (Å²) in [5.74, 6) is 0. The van der Waals surface area contributed by atoms with E-state index in [0.29, 0.717) is 5.25 Å². The maximum absolute atomic E-state index is 8.49. The van der Waals surface area contributed by atoms with Crippen LogP contribution in [0.15, 0.2) is 65.6 Å². The molecule has 1 aliphatic rings. The van der Waals surface area contributed by atoms with Crippen molar-refractivity contribution in [2.45, 2.75) is 10.1 Å². The van der Waals surface area contributed by atoms with Gasteiger partial charge in [0.25, 0.3) is 0 Å². The number of benzene rings is 2. The third kappa shape index (κ3) is 5.51. The Morgan fingerprint density at radius 3 is 2.05 bits per heavy atom. The summed E-state index contributed by atoms with van der Waals surface area (Å²) in [6.45, 7) is 0. The molecule has 2 aromatic carbocycles. The smallest absolute Gasteiger partial charge is 0.164 e. The predicted molar refractivity (Wildman–Crippen MR) is 71.7 cm³/mol. The van der Waals surface area contributed by atoms with Crippen LogP contribution in [0.25, 0.3) is 6.08 Å². The maximum atomic E-state index is 8.49. The van der Waals surface area contributed by atoms with E-state index >= 15 is 0 Å². The van der Waals surface area contributed by atoms with Crippen molar-refractivity contribution in [2.24, 2.45) is 0 Å². The molecular formula is C15H13ClO4S. The van der Waals surface area contributed by atoms with Crippen LogP contribution < -0.4 is 18.6 Å². The van der Waals surface area contributed by atoms with Gasteiger partial charge in [0, 0.05) is 22.9 Å². The first-order valence-corrected chi connectivity index (χ1v) is 8.28. The Morgan fingerprint density at radius 1 is 0.810 bits per heavy atom. The van der Waals surface area contributed by atoms with Gasteiger partial charge in [-0.3, -0.25) is 0 Å². The second kappa shape index (κ2) is 7.09. The number of hydrogen-bond acceptors (Lipinski definition) is 4. The van der Waals surface area contributed by atoms with Crippen LogP contribution in [0.4, 0.5) is 0 Å². The highest BCUT2D eigenvalue weighted by Crippen LogP contribution is 2.30. The predicted octanol–water partition coefficient (Wildman–Crippen LogP) is -1.13. The highest BCUT2D eigenvalue weighted by Gasteiger charge is 2.23. The molecule has 1 heterocycles. The fourth-order valence-electron chi connectivity index (χ4n) is 1.97. The normalized spacial score (nSPS) is 16.7. The summed E-state index contributed by atoms with van der Waals surface area (Å²) in [5.41, 5.74) is 2.76. The summed E-state index contributed by atoms with van der Waals surface area (Å²) in [5, 5.41) is 0.510. The summed E-state index contributed by atoms with van der Waals surface area (Å²) in [4.78, 5) is 1.43. The quantitative estimate of drug-likeness (QED) is 0.490. The molecule has 0 saturated carbocycles. The van der Waals surface area contributed by atoms with E-state index in [1.54, 1.807) is 0 Å². The molecule has 1 aliphatic heterocycles. The first kappa shape index (κ1) is 16.0. The van der Waals surface area contributed by atoms with Crippen molar-refractivity contribution in [1.82, 2.24) is 0 Å². The molecule has 0 N–H and O–H groups in total. The highest BCUT2D eigenvalue weighted by molar-refractivity contribution is 7.79. The first-order chi connectivity index (χ1) is 9.93. The van der Waals surface area contributed by atoms with Crippen molar-refractivity contribution >= 4 is 17.8 Å². The van der Waals surface area contributed by atoms with Crippen LogP contribution in [0, 0.1) is 10.2 Å². The van der Waals surface area contributed by atoms with Crippen molar-refractivity contribution in [3.8, 4) is 0 Å². The van der Waals surface area contributed by atoms with Gasteiger partial charge in [-0.1, -0.05) is 42.5 Å². The van der Waals surface area contributed by atoms with Gasteiger partial charge >= 0.3 is 0 Å². The molecule has 1 atom stereocenters. The Kier molecular flexibility index (Phi) is 5.41. The van der Waals surface area contributed by atoms with Crippen LogP contribution >= 0.6 is 0 Å². The van der Waals surface area contributed by atoms with E-state index in [9.17, 15) is 0 Å². The summed E-state index contributed by atoms with van der Waals surface area (Å²) < 4.78 is 34.0. The van der Waals surface area contributed by atoms with Crippen LogP contribution in [0.3, 0.4) is 0 Å². The molecule has 2 aromatic rings. The van der Waals surface area contributed by atoms with Crippen LogP contribution in [0.1, 0.15) is 16.4 Å². The average Bonchev–Trinajstić information content (AvgIpc) is 2.46. The van der Waals surface area contributed by atoms with E-state index in [1.165, 1.54) is 27.8 Å². The fraction of sp³-hybridized carbons (Fsp3) is 0.0667. The molecule has 4 nitrogen and oxygen atoms in total. The highest BCUT2D eigenvalue weighted by atomic mass is 35.7. The summed E-state index contributed by atoms with van der Waals surface area (Å²) in [7, 11) is -4.94. The lowest BCUT2D eigenvalue weighted by Gasteiger charge is -2.17. The molecule has 0 fully saturated rings. The van der Waals surface area contributed by atoms with Gasteiger partial charge in [0.15, 0.2) is 10.1 Å². The van der Waals surface area contributed by atoms with Gasteiger partial charge in [0.1, 0.15) is 0 Å². The average molecular weight is 325 g/mol. The van der Waals surface area contributed by atoms with Crippen molar-refractivity contribution in [2.75, 3.05) is 0 Å². The third-order valence-corrected chi connectivity index (χ3v) is 4.25. The zero-order chi connectivity index (χ0) is 15.3. The van der Waals surface area contributed by atoms with Gasteiger partial charge in [-0.15, -0.1) is 10.2 Å². The second-order valence-corrected chi connectivity index (χ2v) is 6.33. The van der Waals surface area contributed by atoms with Crippen LogP contribution in [-0.4, -0.2) is 0 Å². The van der Waals surface area contributed by atoms with E-state index in [2.05, 4.69) is 66.7 Å². The number of fused-ring (bicyclic) bond motifs is 1. The van der Waals surface area contributed by atoms with Crippen LogP contribution in [-0.2, 0) is 11.8 Å². The molecule has 0 aromatic heterocycles. The van der Waals surface area contributed by atoms with Gasteiger partial charge in [-0.2, -0.15) is 0 Å². The Morgan fingerprint density at radius 2 is 1.38 bits per heavy atom. The van der Waals surface area contributed by atoms with E-state index in [-0.39, 0.29) is 0 Å². The Hall–Kier alpha value is -1.34. The van der Waals surface area contributed by atoms with E-state index in [0.717, 1.165) is 0 Å². The van der Waals surface area contributed by atoms with Gasteiger partial charge < -0.3 is 0 Å². The molecule has 110 valence electrons. The van der Waals surface area contributed by atoms with Gasteiger partial charge in [-0.25, -0.2) is 18.6 Å². The number of thiol groups is 1. The molecule has 6 heteroatoms. The lowest BCUT2D eigenvalue weighted by Crippen LogP contribution is -2.68. The van der Waals surface area contributed by atoms with Gasteiger partial charge in [0.05, 0.1) is 0 Å². The van der Waals surface area contributed by atoms with Gasteiger partial charge in [-0.05, 0) is 24.3 Å². The zero-order valence-corrected chi connectivity index (χ0v) is 12.5. The molecule has 0 amide bonds. The molecule has 0 spiro atoms. The monoisotopic (exact) mass is 324 g/mol. The van der Waals surface area contributed by atoms with E-state index in [1.807, 2.05) is 0 Å². The molecule has 0 bridgehead atoms. The topological polar surface area (TPSA) is 92.2 Å². The second-order valence-electron chi connectivity index (χ2n) is 4.28. The molecular weight excluding hydrogens is 312 g/mol. The van der Waals surface area contributed by atoms with Crippen molar-refractivity contribution in [3.63, 3.8) is 0 Å². The summed E-state index contributed by atoms with van der Waals surface area (Å²) >= 11 is 1.39. The maximum Gasteiger partial charge on any atom is 0.164 e. The standard InChI is InChI=1S/C15H12S.ClHO4/c1-2-6-12(7-3-1)15-11-10-13-8-4-5-9-14(13)16-15;2-1(3,4)5/h1-11,15H;(H,2,3,4,5). The number of rotatable bonds is 1. The lowest BCUT2D eigenvalue weighted by molar-refractivity contribution is -2.00. The summed E-state index contributed by atoms with van der Waals surface area (Å²) in [6, 6.07) is 19.3. The van der Waals surface area contributed by atoms with Crippen molar-refractivity contribution < 1.29 is 28.9 Å². The molecule has 1 unspecified atom stereocenters. The first-order valence-electron chi connectivity index (χ1n) is 6.08. The Balaban J connectivity index is 0.000000282. The minimum absolute atomic E-state index is 0.510. The zero-order valence-electron chi connectivity index (χ0n) is 10.9. The third-order valence-electron chi connectivity index (χ3n) is 2.81. The van der Waals surface area contributed by atoms with E-state index < -0.39 is 10.2 Å². The largest absolute Gasteiger partial charge is 0.222 e. The lowest BCUT2D eigenvalue weighted by atomic mass is 10.1. The minimum atomic E-state index is -4.94. The fourth-order valence-corrected chi connectivity index (χ4v) is 3.23.